The third kappa shape index (κ3) is 4.45. The lowest BCUT2D eigenvalue weighted by Crippen LogP contribution is -2.08. The van der Waals surface area contributed by atoms with E-state index in [4.69, 9.17) is 23.9 Å². The van der Waals surface area contributed by atoms with Crippen molar-refractivity contribution in [1.82, 2.24) is 0 Å². The van der Waals surface area contributed by atoms with Gasteiger partial charge in [-0.25, -0.2) is 9.59 Å². The number of hydrogen-bond acceptors (Lipinski definition) is 7. The molecule has 0 unspecified atom stereocenters. The van der Waals surface area contributed by atoms with Gasteiger partial charge in [0, 0.05) is 5.39 Å². The quantitative estimate of drug-likeness (QED) is 0.270. The summed E-state index contributed by atoms with van der Waals surface area (Å²) in [6, 6.07) is 15.3. The molecular weight excluding hydrogens is 374 g/mol. The van der Waals surface area contributed by atoms with Gasteiger partial charge in [-0.2, -0.15) is 5.26 Å². The van der Waals surface area contributed by atoms with Gasteiger partial charge in [-0.1, -0.05) is 24.3 Å². The number of carbonyl (C=O) groups excluding carboxylic acids is 2. The van der Waals surface area contributed by atoms with Crippen LogP contribution in [0, 0.1) is 11.3 Å². The number of furan rings is 1. The summed E-state index contributed by atoms with van der Waals surface area (Å²) in [7, 11) is 1.41. The van der Waals surface area contributed by atoms with Crippen molar-refractivity contribution in [3.05, 3.63) is 65.4 Å². The predicted octanol–water partition coefficient (Wildman–Crippen LogP) is 4.13. The smallest absolute Gasteiger partial charge is 0.379 e. The molecule has 0 amide bonds. The molecule has 0 spiro atoms. The number of rotatable bonds is 6. The second-order valence-electron chi connectivity index (χ2n) is 5.84. The van der Waals surface area contributed by atoms with Crippen LogP contribution < -0.4 is 9.47 Å². The number of hydrogen-bond donors (Lipinski definition) is 0. The second-order valence-corrected chi connectivity index (χ2v) is 5.84. The molecule has 1 aromatic heterocycles. The van der Waals surface area contributed by atoms with Gasteiger partial charge in [-0.05, 0) is 42.8 Å². The van der Waals surface area contributed by atoms with Gasteiger partial charge < -0.3 is 18.6 Å². The predicted molar refractivity (Wildman–Crippen MR) is 104 cm³/mol. The maximum absolute atomic E-state index is 12.4. The fourth-order valence-corrected chi connectivity index (χ4v) is 2.60. The van der Waals surface area contributed by atoms with Crippen molar-refractivity contribution >= 4 is 29.0 Å². The molecule has 0 atom stereocenters. The minimum absolute atomic E-state index is 0.0614. The molecule has 0 aliphatic carbocycles. The maximum atomic E-state index is 12.4. The number of esters is 2. The molecule has 29 heavy (non-hydrogen) atoms. The lowest BCUT2D eigenvalue weighted by atomic mass is 10.1. The SMILES string of the molecule is CCOC(=O)C(C#N)=Cc1ccc(OC(=O)c2cc3ccccc3o2)c(OC)c1. The van der Waals surface area contributed by atoms with Gasteiger partial charge in [0.05, 0.1) is 13.7 Å². The standard InChI is InChI=1S/C22H17NO6/c1-3-27-21(24)16(13-23)10-14-8-9-18(19(11-14)26-2)29-22(25)20-12-15-6-4-5-7-17(15)28-20/h4-12H,3H2,1-2H3. The minimum Gasteiger partial charge on any atom is -0.493 e. The zero-order valence-corrected chi connectivity index (χ0v) is 15.8. The van der Waals surface area contributed by atoms with Gasteiger partial charge in [0.25, 0.3) is 0 Å². The summed E-state index contributed by atoms with van der Waals surface area (Å²) in [6.45, 7) is 1.82. The molecule has 0 aliphatic rings. The van der Waals surface area contributed by atoms with Crippen LogP contribution in [0.15, 0.2) is 58.5 Å². The molecule has 3 aromatic rings. The number of carbonyl (C=O) groups is 2. The van der Waals surface area contributed by atoms with Gasteiger partial charge >= 0.3 is 11.9 Å². The van der Waals surface area contributed by atoms with E-state index in [2.05, 4.69) is 0 Å². The Balaban J connectivity index is 1.84. The molecule has 3 rings (SSSR count). The largest absolute Gasteiger partial charge is 0.493 e. The van der Waals surface area contributed by atoms with Crippen LogP contribution in [-0.2, 0) is 9.53 Å². The normalized spacial score (nSPS) is 11.0. The van der Waals surface area contributed by atoms with Crippen LogP contribution >= 0.6 is 0 Å². The highest BCUT2D eigenvalue weighted by molar-refractivity contribution is 5.98. The summed E-state index contributed by atoms with van der Waals surface area (Å²) in [4.78, 5) is 24.2. The van der Waals surface area contributed by atoms with Crippen LogP contribution in [0.1, 0.15) is 23.0 Å². The summed E-state index contributed by atoms with van der Waals surface area (Å²) in [5.74, 6) is -0.901. The fraction of sp³-hybridized carbons (Fsp3) is 0.136. The lowest BCUT2D eigenvalue weighted by Gasteiger charge is -2.09. The Labute approximate surface area is 166 Å². The topological polar surface area (TPSA) is 98.8 Å². The Hall–Kier alpha value is -4.05. The highest BCUT2D eigenvalue weighted by Crippen LogP contribution is 2.30. The van der Waals surface area contributed by atoms with Crippen molar-refractivity contribution in [1.29, 1.82) is 5.26 Å². The summed E-state index contributed by atoms with van der Waals surface area (Å²) >= 11 is 0. The number of benzene rings is 2. The van der Waals surface area contributed by atoms with Crippen molar-refractivity contribution in [3.63, 3.8) is 0 Å². The summed E-state index contributed by atoms with van der Waals surface area (Å²) in [5, 5.41) is 9.93. The van der Waals surface area contributed by atoms with Gasteiger partial charge in [0.15, 0.2) is 11.5 Å². The second kappa shape index (κ2) is 8.76. The van der Waals surface area contributed by atoms with Crippen LogP contribution in [0.2, 0.25) is 0 Å². The molecule has 1 heterocycles. The van der Waals surface area contributed by atoms with E-state index in [1.165, 1.54) is 25.3 Å². The van der Waals surface area contributed by atoms with E-state index in [9.17, 15) is 9.59 Å². The Morgan fingerprint density at radius 1 is 1.14 bits per heavy atom. The first-order valence-corrected chi connectivity index (χ1v) is 8.73. The molecule has 0 radical (unpaired) electrons. The molecule has 0 N–H and O–H groups in total. The number of nitriles is 1. The fourth-order valence-electron chi connectivity index (χ4n) is 2.60. The molecular formula is C22H17NO6. The van der Waals surface area contributed by atoms with Crippen molar-refractivity contribution in [2.24, 2.45) is 0 Å². The molecule has 0 fully saturated rings. The number of nitrogens with zero attached hydrogens (tertiary/aromatic N) is 1. The molecule has 0 saturated carbocycles. The lowest BCUT2D eigenvalue weighted by molar-refractivity contribution is -0.137. The Morgan fingerprint density at radius 2 is 1.93 bits per heavy atom. The van der Waals surface area contributed by atoms with Crippen LogP contribution in [0.25, 0.3) is 17.0 Å². The first-order valence-electron chi connectivity index (χ1n) is 8.73. The minimum atomic E-state index is -0.714. The number of ether oxygens (including phenoxy) is 3. The number of fused-ring (bicyclic) bond motifs is 1. The molecule has 7 heteroatoms. The zero-order valence-electron chi connectivity index (χ0n) is 15.8. The molecule has 2 aromatic carbocycles. The van der Waals surface area contributed by atoms with Gasteiger partial charge in [0.1, 0.15) is 17.2 Å². The van der Waals surface area contributed by atoms with E-state index in [0.29, 0.717) is 11.1 Å². The number of methoxy groups -OCH3 is 1. The van der Waals surface area contributed by atoms with Crippen molar-refractivity contribution in [2.45, 2.75) is 6.92 Å². The first-order chi connectivity index (χ1) is 14.0. The van der Waals surface area contributed by atoms with Gasteiger partial charge in [0.2, 0.25) is 5.76 Å². The Kier molecular flexibility index (Phi) is 5.95. The molecule has 0 aliphatic heterocycles. The van der Waals surface area contributed by atoms with E-state index >= 15 is 0 Å². The summed E-state index contributed by atoms with van der Waals surface area (Å²) < 4.78 is 21.0. The first kappa shape index (κ1) is 19.7. The zero-order chi connectivity index (χ0) is 20.8. The summed E-state index contributed by atoms with van der Waals surface area (Å²) in [6.07, 6.45) is 1.37. The van der Waals surface area contributed by atoms with E-state index in [0.717, 1.165) is 5.39 Å². The monoisotopic (exact) mass is 391 g/mol. The molecule has 146 valence electrons. The van der Waals surface area contributed by atoms with Crippen LogP contribution in [0.4, 0.5) is 0 Å². The third-order valence-electron chi connectivity index (χ3n) is 3.94. The van der Waals surface area contributed by atoms with Gasteiger partial charge in [-0.3, -0.25) is 0 Å². The molecule has 0 bridgehead atoms. The Morgan fingerprint density at radius 3 is 2.62 bits per heavy atom. The summed E-state index contributed by atoms with van der Waals surface area (Å²) in [5.41, 5.74) is 0.936. The number of para-hydroxylation sites is 1. The van der Waals surface area contributed by atoms with Crippen molar-refractivity contribution in [2.75, 3.05) is 13.7 Å². The Bertz CT molecular complexity index is 1100. The van der Waals surface area contributed by atoms with E-state index < -0.39 is 11.9 Å². The maximum Gasteiger partial charge on any atom is 0.379 e. The van der Waals surface area contributed by atoms with E-state index in [-0.39, 0.29) is 29.4 Å². The highest BCUT2D eigenvalue weighted by atomic mass is 16.6. The average Bonchev–Trinajstić information content (AvgIpc) is 3.17. The van der Waals surface area contributed by atoms with E-state index in [1.807, 2.05) is 18.2 Å². The molecule has 0 saturated heterocycles. The average molecular weight is 391 g/mol. The van der Waals surface area contributed by atoms with Crippen LogP contribution in [0.5, 0.6) is 11.5 Å². The van der Waals surface area contributed by atoms with Crippen molar-refractivity contribution in [3.8, 4) is 17.6 Å². The third-order valence-corrected chi connectivity index (χ3v) is 3.94. The van der Waals surface area contributed by atoms with E-state index in [1.54, 1.807) is 31.2 Å². The van der Waals surface area contributed by atoms with Gasteiger partial charge in [-0.15, -0.1) is 0 Å². The van der Waals surface area contributed by atoms with Crippen LogP contribution in [0.3, 0.4) is 0 Å². The van der Waals surface area contributed by atoms with Crippen molar-refractivity contribution < 1.29 is 28.2 Å². The van der Waals surface area contributed by atoms with Crippen LogP contribution in [-0.4, -0.2) is 25.7 Å². The highest BCUT2D eigenvalue weighted by Gasteiger charge is 2.17. The molecule has 7 nitrogen and oxygen atoms in total.